The standard InChI is InChI=1S/C21H29N5O3S/c1-14(20(28)25-11-9-15(10-12-25)18(22)27)30-21-24-23-19(17-8-5-13-29-17)26(21)16-6-3-2-4-7-16/h5,8,13-16H,2-4,6-7,9-12H2,1H3,(H2,22,27). The minimum atomic E-state index is -0.286. The second kappa shape index (κ2) is 9.24. The summed E-state index contributed by atoms with van der Waals surface area (Å²) in [6, 6.07) is 4.07. The summed E-state index contributed by atoms with van der Waals surface area (Å²) < 4.78 is 7.77. The van der Waals surface area contributed by atoms with Gasteiger partial charge in [0.25, 0.3) is 0 Å². The van der Waals surface area contributed by atoms with Crippen molar-refractivity contribution in [3.8, 4) is 11.6 Å². The third-order valence-corrected chi connectivity index (χ3v) is 7.23. The predicted octanol–water partition coefficient (Wildman–Crippen LogP) is 3.25. The van der Waals surface area contributed by atoms with Crippen LogP contribution in [-0.4, -0.2) is 49.8 Å². The minimum Gasteiger partial charge on any atom is -0.461 e. The number of thioether (sulfide) groups is 1. The number of hydrogen-bond donors (Lipinski definition) is 1. The van der Waals surface area contributed by atoms with E-state index in [0.717, 1.165) is 23.8 Å². The number of rotatable bonds is 6. The maximum atomic E-state index is 13.0. The molecule has 2 amide bonds. The van der Waals surface area contributed by atoms with Crippen molar-refractivity contribution >= 4 is 23.6 Å². The number of carbonyl (C=O) groups excluding carboxylic acids is 2. The topological polar surface area (TPSA) is 107 Å². The van der Waals surface area contributed by atoms with E-state index in [9.17, 15) is 9.59 Å². The molecule has 0 radical (unpaired) electrons. The largest absolute Gasteiger partial charge is 0.461 e. The van der Waals surface area contributed by atoms with Gasteiger partial charge in [-0.3, -0.25) is 14.2 Å². The summed E-state index contributed by atoms with van der Waals surface area (Å²) in [5.74, 6) is 1.11. The van der Waals surface area contributed by atoms with Gasteiger partial charge in [0.15, 0.2) is 10.9 Å². The predicted molar refractivity (Wildman–Crippen MR) is 114 cm³/mol. The summed E-state index contributed by atoms with van der Waals surface area (Å²) in [6.45, 7) is 3.06. The first-order valence-corrected chi connectivity index (χ1v) is 11.7. The molecule has 1 saturated heterocycles. The number of nitrogens with two attached hydrogens (primary N) is 1. The Morgan fingerprint density at radius 3 is 2.53 bits per heavy atom. The van der Waals surface area contributed by atoms with E-state index < -0.39 is 0 Å². The quantitative estimate of drug-likeness (QED) is 0.704. The zero-order valence-corrected chi connectivity index (χ0v) is 18.1. The fourth-order valence-corrected chi connectivity index (χ4v) is 5.45. The van der Waals surface area contributed by atoms with Crippen LogP contribution in [0.15, 0.2) is 28.0 Å². The lowest BCUT2D eigenvalue weighted by Crippen LogP contribution is -2.44. The van der Waals surface area contributed by atoms with Crippen molar-refractivity contribution < 1.29 is 14.0 Å². The Hall–Kier alpha value is -2.29. The lowest BCUT2D eigenvalue weighted by molar-refractivity contribution is -0.134. The Balaban J connectivity index is 1.49. The van der Waals surface area contributed by atoms with E-state index in [4.69, 9.17) is 10.2 Å². The van der Waals surface area contributed by atoms with Gasteiger partial charge in [0, 0.05) is 25.0 Å². The first kappa shape index (κ1) is 21.0. The molecule has 1 saturated carbocycles. The highest BCUT2D eigenvalue weighted by molar-refractivity contribution is 8.00. The van der Waals surface area contributed by atoms with E-state index in [1.165, 1.54) is 31.0 Å². The third kappa shape index (κ3) is 4.40. The van der Waals surface area contributed by atoms with Gasteiger partial charge in [0.05, 0.1) is 11.5 Å². The second-order valence-corrected chi connectivity index (χ2v) is 9.52. The first-order valence-electron chi connectivity index (χ1n) is 10.8. The molecule has 0 aromatic carbocycles. The van der Waals surface area contributed by atoms with Crippen LogP contribution in [0.5, 0.6) is 0 Å². The van der Waals surface area contributed by atoms with E-state index in [-0.39, 0.29) is 23.0 Å². The van der Waals surface area contributed by atoms with Crippen LogP contribution in [0.25, 0.3) is 11.6 Å². The Bertz CT molecular complexity index is 867. The van der Waals surface area contributed by atoms with Crippen molar-refractivity contribution in [1.82, 2.24) is 19.7 Å². The van der Waals surface area contributed by atoms with Crippen LogP contribution in [0.3, 0.4) is 0 Å². The highest BCUT2D eigenvalue weighted by Gasteiger charge is 2.31. The van der Waals surface area contributed by atoms with E-state index in [2.05, 4.69) is 14.8 Å². The van der Waals surface area contributed by atoms with Crippen molar-refractivity contribution in [2.24, 2.45) is 11.7 Å². The summed E-state index contributed by atoms with van der Waals surface area (Å²) in [6.07, 6.45) is 8.72. The fraction of sp³-hybridized carbons (Fsp3) is 0.619. The summed E-state index contributed by atoms with van der Waals surface area (Å²) in [5.41, 5.74) is 5.41. The molecule has 9 heteroatoms. The van der Waals surface area contributed by atoms with Crippen LogP contribution >= 0.6 is 11.8 Å². The number of nitrogens with zero attached hydrogens (tertiary/aromatic N) is 4. The molecule has 2 aliphatic rings. The molecule has 2 N–H and O–H groups in total. The number of aromatic nitrogens is 3. The van der Waals surface area contributed by atoms with E-state index in [1.54, 1.807) is 6.26 Å². The van der Waals surface area contributed by atoms with Crippen LogP contribution in [0.2, 0.25) is 0 Å². The smallest absolute Gasteiger partial charge is 0.235 e. The zero-order valence-electron chi connectivity index (χ0n) is 17.3. The molecule has 0 spiro atoms. The molecule has 1 aliphatic carbocycles. The molecular weight excluding hydrogens is 402 g/mol. The number of piperidine rings is 1. The van der Waals surface area contributed by atoms with Crippen molar-refractivity contribution in [3.63, 3.8) is 0 Å². The molecule has 2 fully saturated rings. The van der Waals surface area contributed by atoms with Gasteiger partial charge >= 0.3 is 0 Å². The molecule has 2 aromatic heterocycles. The molecular formula is C21H29N5O3S. The van der Waals surface area contributed by atoms with Crippen LogP contribution in [-0.2, 0) is 9.59 Å². The van der Waals surface area contributed by atoms with Gasteiger partial charge in [0.1, 0.15) is 0 Å². The maximum Gasteiger partial charge on any atom is 0.235 e. The van der Waals surface area contributed by atoms with Crippen LogP contribution in [0.1, 0.15) is 57.9 Å². The maximum absolute atomic E-state index is 13.0. The molecule has 162 valence electrons. The second-order valence-electron chi connectivity index (χ2n) is 8.21. The normalized spacial score (nSPS) is 19.7. The Kier molecular flexibility index (Phi) is 6.46. The lowest BCUT2D eigenvalue weighted by Gasteiger charge is -2.32. The highest BCUT2D eigenvalue weighted by Crippen LogP contribution is 2.37. The Labute approximate surface area is 180 Å². The number of furan rings is 1. The SMILES string of the molecule is CC(Sc1nnc(-c2ccco2)n1C1CCCCC1)C(=O)N1CCC(C(N)=O)CC1. The summed E-state index contributed by atoms with van der Waals surface area (Å²) in [7, 11) is 0. The molecule has 3 heterocycles. The van der Waals surface area contributed by atoms with Crippen molar-refractivity contribution in [2.45, 2.75) is 68.3 Å². The summed E-state index contributed by atoms with van der Waals surface area (Å²) in [4.78, 5) is 26.2. The lowest BCUT2D eigenvalue weighted by atomic mass is 9.95. The fourth-order valence-electron chi connectivity index (χ4n) is 4.45. The van der Waals surface area contributed by atoms with Crippen LogP contribution in [0, 0.1) is 5.92 Å². The third-order valence-electron chi connectivity index (χ3n) is 6.18. The minimum absolute atomic E-state index is 0.0701. The van der Waals surface area contributed by atoms with Crippen molar-refractivity contribution in [1.29, 1.82) is 0 Å². The highest BCUT2D eigenvalue weighted by atomic mass is 32.2. The van der Waals surface area contributed by atoms with Gasteiger partial charge in [-0.1, -0.05) is 31.0 Å². The number of primary amides is 1. The monoisotopic (exact) mass is 431 g/mol. The van der Waals surface area contributed by atoms with Gasteiger partial charge in [-0.05, 0) is 44.7 Å². The average molecular weight is 432 g/mol. The summed E-state index contributed by atoms with van der Waals surface area (Å²) in [5, 5.41) is 9.32. The number of amides is 2. The molecule has 1 atom stereocenters. The van der Waals surface area contributed by atoms with E-state index >= 15 is 0 Å². The van der Waals surface area contributed by atoms with E-state index in [1.807, 2.05) is 24.0 Å². The Morgan fingerprint density at radius 2 is 1.90 bits per heavy atom. The molecule has 2 aromatic rings. The first-order chi connectivity index (χ1) is 14.5. The number of hydrogen-bond acceptors (Lipinski definition) is 6. The zero-order chi connectivity index (χ0) is 21.1. The van der Waals surface area contributed by atoms with E-state index in [0.29, 0.717) is 37.7 Å². The molecule has 30 heavy (non-hydrogen) atoms. The van der Waals surface area contributed by atoms with Gasteiger partial charge < -0.3 is 15.1 Å². The van der Waals surface area contributed by atoms with Crippen LogP contribution in [0.4, 0.5) is 0 Å². The Morgan fingerprint density at radius 1 is 1.17 bits per heavy atom. The van der Waals surface area contributed by atoms with Crippen molar-refractivity contribution in [3.05, 3.63) is 18.4 Å². The molecule has 1 aliphatic heterocycles. The molecule has 8 nitrogen and oxygen atoms in total. The molecule has 4 rings (SSSR count). The van der Waals surface area contributed by atoms with Gasteiger partial charge in [-0.2, -0.15) is 0 Å². The van der Waals surface area contributed by atoms with Crippen LogP contribution < -0.4 is 5.73 Å². The number of likely N-dealkylation sites (tertiary alicyclic amines) is 1. The number of carbonyl (C=O) groups is 2. The molecule has 1 unspecified atom stereocenters. The molecule has 0 bridgehead atoms. The van der Waals surface area contributed by atoms with Gasteiger partial charge in [0.2, 0.25) is 17.6 Å². The average Bonchev–Trinajstić information content (AvgIpc) is 3.43. The van der Waals surface area contributed by atoms with Gasteiger partial charge in [-0.15, -0.1) is 10.2 Å². The van der Waals surface area contributed by atoms with Gasteiger partial charge in [-0.25, -0.2) is 0 Å². The van der Waals surface area contributed by atoms with Crippen molar-refractivity contribution in [2.75, 3.05) is 13.1 Å². The summed E-state index contributed by atoms with van der Waals surface area (Å²) >= 11 is 1.46.